The molecule has 8 nitrogen and oxygen atoms in total. The highest BCUT2D eigenvalue weighted by atomic mass is 16.6. The van der Waals surface area contributed by atoms with E-state index in [9.17, 15) is 20.0 Å². The first kappa shape index (κ1) is 17.4. The van der Waals surface area contributed by atoms with E-state index in [4.69, 9.17) is 5.26 Å². The average Bonchev–Trinajstić information content (AvgIpc) is 2.61. The number of hydrazone groups is 1. The number of phenolic OH excluding ortho intramolecular Hbond substituents is 1. The Balaban J connectivity index is 2.13. The number of rotatable bonds is 5. The van der Waals surface area contributed by atoms with Gasteiger partial charge in [-0.3, -0.25) is 14.9 Å². The summed E-state index contributed by atoms with van der Waals surface area (Å²) in [6.45, 7) is 0. The zero-order valence-corrected chi connectivity index (χ0v) is 12.8. The fourth-order valence-electron chi connectivity index (χ4n) is 1.86. The number of carbonyl (C=O) groups is 1. The first-order valence-electron chi connectivity index (χ1n) is 6.99. The molecule has 0 spiro atoms. The van der Waals surface area contributed by atoms with Gasteiger partial charge in [0.2, 0.25) is 0 Å². The topological polar surface area (TPSA) is 129 Å². The minimum absolute atomic E-state index is 0.00635. The molecule has 0 saturated carbocycles. The molecule has 0 aliphatic carbocycles. The molecule has 0 saturated heterocycles. The Bertz CT molecular complexity index is 913. The maximum Gasteiger partial charge on any atom is 0.282 e. The lowest BCUT2D eigenvalue weighted by Crippen LogP contribution is -2.19. The van der Waals surface area contributed by atoms with Crippen molar-refractivity contribution in [3.8, 4) is 11.8 Å². The van der Waals surface area contributed by atoms with Crippen LogP contribution in [0.3, 0.4) is 0 Å². The van der Waals surface area contributed by atoms with Gasteiger partial charge in [-0.2, -0.15) is 10.4 Å². The number of phenols is 1. The summed E-state index contributed by atoms with van der Waals surface area (Å²) in [5.41, 5.74) is 2.48. The smallest absolute Gasteiger partial charge is 0.282 e. The molecular weight excluding hydrogens is 324 g/mol. The van der Waals surface area contributed by atoms with Crippen molar-refractivity contribution in [2.24, 2.45) is 5.10 Å². The number of nitro groups is 1. The zero-order valence-electron chi connectivity index (χ0n) is 12.8. The molecule has 25 heavy (non-hydrogen) atoms. The monoisotopic (exact) mass is 336 g/mol. The molecule has 0 heterocycles. The number of carbonyl (C=O) groups excluding carboxylic acids is 1. The maximum atomic E-state index is 12.0. The second-order valence-electron chi connectivity index (χ2n) is 4.78. The number of nitriles is 1. The molecule has 0 aliphatic rings. The molecular formula is C17H12N4O4. The van der Waals surface area contributed by atoms with Crippen LogP contribution in [-0.2, 0) is 4.79 Å². The Hall–Kier alpha value is -3.99. The molecule has 1 amide bonds. The molecule has 2 aromatic rings. The molecule has 0 unspecified atom stereocenters. The first-order chi connectivity index (χ1) is 12.0. The van der Waals surface area contributed by atoms with E-state index in [0.717, 1.165) is 0 Å². The van der Waals surface area contributed by atoms with Gasteiger partial charge in [0, 0.05) is 17.7 Å². The van der Waals surface area contributed by atoms with Gasteiger partial charge in [-0.25, -0.2) is 5.43 Å². The van der Waals surface area contributed by atoms with Crippen molar-refractivity contribution in [3.05, 3.63) is 75.3 Å². The van der Waals surface area contributed by atoms with Crippen LogP contribution in [0.15, 0.2) is 59.2 Å². The summed E-state index contributed by atoms with van der Waals surface area (Å²) in [7, 11) is 0. The van der Waals surface area contributed by atoms with Gasteiger partial charge in [-0.05, 0) is 23.8 Å². The van der Waals surface area contributed by atoms with Crippen molar-refractivity contribution in [2.75, 3.05) is 0 Å². The van der Waals surface area contributed by atoms with Crippen LogP contribution in [0.25, 0.3) is 6.08 Å². The first-order valence-corrected chi connectivity index (χ1v) is 6.99. The van der Waals surface area contributed by atoms with Crippen molar-refractivity contribution in [1.29, 1.82) is 5.26 Å². The Morgan fingerprint density at radius 1 is 1.28 bits per heavy atom. The second-order valence-corrected chi connectivity index (χ2v) is 4.78. The van der Waals surface area contributed by atoms with Crippen LogP contribution in [-0.4, -0.2) is 22.2 Å². The Labute approximate surface area is 142 Å². The number of nitro benzene ring substituents is 1. The van der Waals surface area contributed by atoms with Crippen molar-refractivity contribution in [1.82, 2.24) is 5.43 Å². The number of nitrogens with zero attached hydrogens (tertiary/aromatic N) is 3. The van der Waals surface area contributed by atoms with Crippen LogP contribution in [0.2, 0.25) is 0 Å². The van der Waals surface area contributed by atoms with Crippen molar-refractivity contribution in [3.63, 3.8) is 0 Å². The minimum Gasteiger partial charge on any atom is -0.507 e. The number of nitrogens with one attached hydrogen (secondary N) is 1. The van der Waals surface area contributed by atoms with Gasteiger partial charge in [-0.15, -0.1) is 0 Å². The van der Waals surface area contributed by atoms with Gasteiger partial charge < -0.3 is 5.11 Å². The highest BCUT2D eigenvalue weighted by Gasteiger charge is 2.10. The molecule has 0 atom stereocenters. The van der Waals surface area contributed by atoms with Crippen LogP contribution in [0, 0.1) is 21.4 Å². The van der Waals surface area contributed by atoms with Crippen LogP contribution in [0.4, 0.5) is 5.69 Å². The molecule has 8 heteroatoms. The average molecular weight is 336 g/mol. The molecule has 0 fully saturated rings. The number of para-hydroxylation sites is 1. The van der Waals surface area contributed by atoms with E-state index in [2.05, 4.69) is 10.5 Å². The van der Waals surface area contributed by atoms with E-state index in [1.54, 1.807) is 24.3 Å². The SMILES string of the molecule is N#CC(=Cc1cccc([N+](=O)[O-])c1)C(=O)N/N=C/c1ccccc1O. The summed E-state index contributed by atoms with van der Waals surface area (Å²) < 4.78 is 0. The van der Waals surface area contributed by atoms with E-state index in [-0.39, 0.29) is 17.0 Å². The summed E-state index contributed by atoms with van der Waals surface area (Å²) in [5, 5.41) is 33.1. The van der Waals surface area contributed by atoms with Crippen LogP contribution < -0.4 is 5.43 Å². The third kappa shape index (κ3) is 4.74. The number of hydrogen-bond donors (Lipinski definition) is 2. The van der Waals surface area contributed by atoms with Gasteiger partial charge in [0.1, 0.15) is 17.4 Å². The second kappa shape index (κ2) is 8.03. The van der Waals surface area contributed by atoms with Crippen LogP contribution >= 0.6 is 0 Å². The molecule has 2 N–H and O–H groups in total. The summed E-state index contributed by atoms with van der Waals surface area (Å²) in [6.07, 6.45) is 2.45. The summed E-state index contributed by atoms with van der Waals surface area (Å²) in [6, 6.07) is 13.6. The van der Waals surface area contributed by atoms with Gasteiger partial charge in [-0.1, -0.05) is 24.3 Å². The number of hydrogen-bond acceptors (Lipinski definition) is 6. The number of non-ortho nitro benzene ring substituents is 1. The standard InChI is InChI=1S/C17H12N4O4/c18-10-14(8-12-4-3-6-15(9-12)21(24)25)17(23)20-19-11-13-5-1-2-7-16(13)22/h1-9,11,22H,(H,20,23)/b14-8?,19-11+. The predicted molar refractivity (Wildman–Crippen MR) is 90.5 cm³/mol. The third-order valence-electron chi connectivity index (χ3n) is 3.06. The molecule has 0 aliphatic heterocycles. The van der Waals surface area contributed by atoms with Crippen molar-refractivity contribution < 1.29 is 14.8 Å². The Morgan fingerprint density at radius 2 is 2.04 bits per heavy atom. The van der Waals surface area contributed by atoms with Gasteiger partial charge in [0.15, 0.2) is 0 Å². The van der Waals surface area contributed by atoms with E-state index in [1.807, 2.05) is 0 Å². The fourth-order valence-corrected chi connectivity index (χ4v) is 1.86. The molecule has 0 radical (unpaired) electrons. The van der Waals surface area contributed by atoms with Gasteiger partial charge in [0.25, 0.3) is 11.6 Å². The maximum absolute atomic E-state index is 12.0. The third-order valence-corrected chi connectivity index (χ3v) is 3.06. The fraction of sp³-hybridized carbons (Fsp3) is 0. The summed E-state index contributed by atoms with van der Waals surface area (Å²) in [4.78, 5) is 22.1. The Kier molecular flexibility index (Phi) is 5.58. The number of benzene rings is 2. The lowest BCUT2D eigenvalue weighted by atomic mass is 10.1. The Morgan fingerprint density at radius 3 is 2.72 bits per heavy atom. The lowest BCUT2D eigenvalue weighted by molar-refractivity contribution is -0.384. The lowest BCUT2D eigenvalue weighted by Gasteiger charge is -2.00. The van der Waals surface area contributed by atoms with Crippen LogP contribution in [0.5, 0.6) is 5.75 Å². The van der Waals surface area contributed by atoms with E-state index < -0.39 is 10.8 Å². The summed E-state index contributed by atoms with van der Waals surface area (Å²) >= 11 is 0. The molecule has 2 aromatic carbocycles. The summed E-state index contributed by atoms with van der Waals surface area (Å²) in [5.74, 6) is -0.784. The highest BCUT2D eigenvalue weighted by molar-refractivity contribution is 6.02. The number of aromatic hydroxyl groups is 1. The largest absolute Gasteiger partial charge is 0.507 e. The highest BCUT2D eigenvalue weighted by Crippen LogP contribution is 2.16. The molecule has 0 bridgehead atoms. The van der Waals surface area contributed by atoms with E-state index in [0.29, 0.717) is 11.1 Å². The molecule has 124 valence electrons. The van der Waals surface area contributed by atoms with Gasteiger partial charge in [0.05, 0.1) is 11.1 Å². The van der Waals surface area contributed by atoms with E-state index in [1.165, 1.54) is 42.6 Å². The van der Waals surface area contributed by atoms with Crippen molar-refractivity contribution in [2.45, 2.75) is 0 Å². The zero-order chi connectivity index (χ0) is 18.2. The number of amides is 1. The van der Waals surface area contributed by atoms with Crippen molar-refractivity contribution >= 4 is 23.9 Å². The van der Waals surface area contributed by atoms with E-state index >= 15 is 0 Å². The molecule has 0 aromatic heterocycles. The molecule has 2 rings (SSSR count). The van der Waals surface area contributed by atoms with Crippen LogP contribution in [0.1, 0.15) is 11.1 Å². The quantitative estimate of drug-likeness (QED) is 0.285. The normalized spacial score (nSPS) is 11.1. The predicted octanol–water partition coefficient (Wildman–Crippen LogP) is 2.36. The minimum atomic E-state index is -0.777. The van der Waals surface area contributed by atoms with Gasteiger partial charge >= 0.3 is 0 Å².